The van der Waals surface area contributed by atoms with Crippen molar-refractivity contribution < 1.29 is 0 Å². The molecule has 52 valence electrons. The Bertz CT molecular complexity index is 172. The molecule has 0 saturated carbocycles. The van der Waals surface area contributed by atoms with Gasteiger partial charge in [-0.3, -0.25) is 0 Å². The quantitative estimate of drug-likeness (QED) is 0.545. The van der Waals surface area contributed by atoms with E-state index in [0.717, 1.165) is 0 Å². The maximum atomic E-state index is 2.08. The van der Waals surface area contributed by atoms with Gasteiger partial charge in [0.1, 0.15) is 0 Å². The molecule has 1 aromatic carbocycles. The molecule has 0 spiro atoms. The van der Waals surface area contributed by atoms with Crippen molar-refractivity contribution in [2.24, 2.45) is 0 Å². The third-order valence-electron chi connectivity index (χ3n) is 1.27. The van der Waals surface area contributed by atoms with Gasteiger partial charge in [-0.1, -0.05) is 18.2 Å². The van der Waals surface area contributed by atoms with Gasteiger partial charge in [-0.25, -0.2) is 0 Å². The Balaban J connectivity index is 0.000000810. The molecule has 0 saturated heterocycles. The summed E-state index contributed by atoms with van der Waals surface area (Å²) in [4.78, 5) is 2.08. The summed E-state index contributed by atoms with van der Waals surface area (Å²) >= 11 is 0. The Morgan fingerprint density at radius 2 is 1.50 bits per heavy atom. The summed E-state index contributed by atoms with van der Waals surface area (Å²) in [5.41, 5.74) is 1.25. The predicted octanol–water partition coefficient (Wildman–Crippen LogP) is 1.37. The van der Waals surface area contributed by atoms with Crippen LogP contribution in [0.3, 0.4) is 0 Å². The molecule has 0 heterocycles. The second-order valence-electron chi connectivity index (χ2n) is 2.23. The summed E-state index contributed by atoms with van der Waals surface area (Å²) in [6.45, 7) is 0. The molecule has 0 bridgehead atoms. The highest BCUT2D eigenvalue weighted by Gasteiger charge is 1.87. The van der Waals surface area contributed by atoms with E-state index in [2.05, 4.69) is 17.0 Å². The fourth-order valence-electron chi connectivity index (χ4n) is 0.726. The maximum absolute atomic E-state index is 2.08. The molecular formula is C8H11NSi. The zero-order valence-electron chi connectivity index (χ0n) is 6.33. The minimum absolute atomic E-state index is 0. The minimum Gasteiger partial charge on any atom is -0.378 e. The van der Waals surface area contributed by atoms with E-state index in [1.807, 2.05) is 32.3 Å². The highest BCUT2D eigenvalue weighted by molar-refractivity contribution is 5.75. The van der Waals surface area contributed by atoms with Crippen LogP contribution in [0.15, 0.2) is 30.3 Å². The third-order valence-corrected chi connectivity index (χ3v) is 1.27. The molecule has 0 N–H and O–H groups in total. The zero-order valence-corrected chi connectivity index (χ0v) is 7.33. The molecule has 1 nitrogen and oxygen atoms in total. The van der Waals surface area contributed by atoms with Crippen molar-refractivity contribution >= 4 is 16.7 Å². The first-order valence-corrected chi connectivity index (χ1v) is 3.03. The van der Waals surface area contributed by atoms with Crippen LogP contribution < -0.4 is 4.90 Å². The number of hydrogen-bond acceptors (Lipinski definition) is 1. The molecular weight excluding hydrogens is 138 g/mol. The van der Waals surface area contributed by atoms with Crippen LogP contribution in [0.25, 0.3) is 0 Å². The number of para-hydroxylation sites is 1. The Kier molecular flexibility index (Phi) is 3.80. The predicted molar refractivity (Wildman–Crippen MR) is 46.5 cm³/mol. The number of anilines is 1. The Hall–Kier alpha value is -0.763. The Morgan fingerprint density at radius 3 is 1.80 bits per heavy atom. The van der Waals surface area contributed by atoms with Gasteiger partial charge < -0.3 is 4.90 Å². The molecule has 0 fully saturated rings. The van der Waals surface area contributed by atoms with E-state index in [1.54, 1.807) is 0 Å². The maximum Gasteiger partial charge on any atom is 0.0360 e. The molecule has 1 rings (SSSR count). The van der Waals surface area contributed by atoms with Gasteiger partial charge in [-0.2, -0.15) is 0 Å². The molecule has 0 aliphatic carbocycles. The van der Waals surface area contributed by atoms with E-state index in [4.69, 9.17) is 0 Å². The highest BCUT2D eigenvalue weighted by Crippen LogP contribution is 2.07. The van der Waals surface area contributed by atoms with E-state index in [9.17, 15) is 0 Å². The number of rotatable bonds is 1. The van der Waals surface area contributed by atoms with E-state index in [0.29, 0.717) is 0 Å². The first-order chi connectivity index (χ1) is 4.30. The second-order valence-corrected chi connectivity index (χ2v) is 2.23. The standard InChI is InChI=1S/C8H11N.Si/c1-9(2)8-6-4-3-5-7-8;/h3-7H,1-2H3;. The lowest BCUT2D eigenvalue weighted by molar-refractivity contribution is 1.13. The van der Waals surface area contributed by atoms with Crippen molar-refractivity contribution in [1.82, 2.24) is 0 Å². The topological polar surface area (TPSA) is 3.24 Å². The first kappa shape index (κ1) is 9.24. The lowest BCUT2D eigenvalue weighted by Gasteiger charge is -2.10. The van der Waals surface area contributed by atoms with Crippen molar-refractivity contribution in [3.05, 3.63) is 30.3 Å². The van der Waals surface area contributed by atoms with Crippen LogP contribution in [0.2, 0.25) is 0 Å². The van der Waals surface area contributed by atoms with Crippen LogP contribution in [0, 0.1) is 0 Å². The zero-order chi connectivity index (χ0) is 6.69. The van der Waals surface area contributed by atoms with Gasteiger partial charge in [0.05, 0.1) is 0 Å². The Labute approximate surface area is 66.7 Å². The molecule has 2 heteroatoms. The van der Waals surface area contributed by atoms with Gasteiger partial charge in [-0.15, -0.1) is 0 Å². The minimum atomic E-state index is 0. The molecule has 0 aliphatic heterocycles. The molecule has 0 unspecified atom stereocenters. The summed E-state index contributed by atoms with van der Waals surface area (Å²) in [7, 11) is 4.07. The SMILES string of the molecule is CN(C)c1ccccc1.[Si]. The molecule has 0 amide bonds. The van der Waals surface area contributed by atoms with E-state index in [1.165, 1.54) is 5.69 Å². The van der Waals surface area contributed by atoms with Crippen LogP contribution in [0.5, 0.6) is 0 Å². The van der Waals surface area contributed by atoms with Crippen molar-refractivity contribution in [1.29, 1.82) is 0 Å². The molecule has 4 radical (unpaired) electrons. The lowest BCUT2D eigenvalue weighted by atomic mass is 10.3. The van der Waals surface area contributed by atoms with Crippen molar-refractivity contribution in [2.75, 3.05) is 19.0 Å². The summed E-state index contributed by atoms with van der Waals surface area (Å²) in [6.07, 6.45) is 0. The van der Waals surface area contributed by atoms with Crippen LogP contribution >= 0.6 is 0 Å². The highest BCUT2D eigenvalue weighted by atomic mass is 28.1. The van der Waals surface area contributed by atoms with Gasteiger partial charge in [0, 0.05) is 30.7 Å². The van der Waals surface area contributed by atoms with E-state index < -0.39 is 0 Å². The summed E-state index contributed by atoms with van der Waals surface area (Å²) in [5, 5.41) is 0. The molecule has 0 atom stereocenters. The average molecular weight is 149 g/mol. The normalized spacial score (nSPS) is 8.20. The number of nitrogens with zero attached hydrogens (tertiary/aromatic N) is 1. The second kappa shape index (κ2) is 4.12. The monoisotopic (exact) mass is 149 g/mol. The average Bonchev–Trinajstić information content (AvgIpc) is 1.90. The van der Waals surface area contributed by atoms with E-state index in [-0.39, 0.29) is 11.0 Å². The van der Waals surface area contributed by atoms with Crippen LogP contribution in [-0.4, -0.2) is 25.1 Å². The number of hydrogen-bond donors (Lipinski definition) is 0. The fraction of sp³-hybridized carbons (Fsp3) is 0.250. The Morgan fingerprint density at radius 1 is 1.00 bits per heavy atom. The van der Waals surface area contributed by atoms with Gasteiger partial charge in [0.2, 0.25) is 0 Å². The van der Waals surface area contributed by atoms with Gasteiger partial charge >= 0.3 is 0 Å². The molecule has 1 aromatic rings. The summed E-state index contributed by atoms with van der Waals surface area (Å²) in [5.74, 6) is 0. The smallest absolute Gasteiger partial charge is 0.0360 e. The third kappa shape index (κ3) is 2.23. The van der Waals surface area contributed by atoms with Crippen LogP contribution in [-0.2, 0) is 0 Å². The lowest BCUT2D eigenvalue weighted by Crippen LogP contribution is -2.07. The van der Waals surface area contributed by atoms with Crippen LogP contribution in [0.4, 0.5) is 5.69 Å². The van der Waals surface area contributed by atoms with Gasteiger partial charge in [0.25, 0.3) is 0 Å². The van der Waals surface area contributed by atoms with Crippen molar-refractivity contribution in [3.8, 4) is 0 Å². The molecule has 0 aliphatic rings. The van der Waals surface area contributed by atoms with Gasteiger partial charge in [-0.05, 0) is 12.1 Å². The fourth-order valence-corrected chi connectivity index (χ4v) is 0.726. The van der Waals surface area contributed by atoms with Gasteiger partial charge in [0.15, 0.2) is 0 Å². The number of benzene rings is 1. The van der Waals surface area contributed by atoms with Crippen molar-refractivity contribution in [3.63, 3.8) is 0 Å². The first-order valence-electron chi connectivity index (χ1n) is 3.03. The molecule has 0 aromatic heterocycles. The summed E-state index contributed by atoms with van der Waals surface area (Å²) in [6, 6.07) is 10.3. The van der Waals surface area contributed by atoms with E-state index >= 15 is 0 Å². The molecule has 10 heavy (non-hydrogen) atoms. The van der Waals surface area contributed by atoms with Crippen molar-refractivity contribution in [2.45, 2.75) is 0 Å². The van der Waals surface area contributed by atoms with Crippen LogP contribution in [0.1, 0.15) is 0 Å². The largest absolute Gasteiger partial charge is 0.378 e. The summed E-state index contributed by atoms with van der Waals surface area (Å²) < 4.78 is 0.